The topological polar surface area (TPSA) is 394 Å². The van der Waals surface area contributed by atoms with Gasteiger partial charge in [0.2, 0.25) is 41.4 Å². The number of aliphatic imine (C=N–C) groups is 1. The van der Waals surface area contributed by atoms with Crippen molar-refractivity contribution in [2.24, 2.45) is 39.8 Å². The van der Waals surface area contributed by atoms with Crippen LogP contribution in [0.2, 0.25) is 0 Å². The van der Waals surface area contributed by atoms with E-state index in [0.717, 1.165) is 4.90 Å². The number of nitrogens with two attached hydrogens (primary N) is 4. The van der Waals surface area contributed by atoms with Gasteiger partial charge in [0.15, 0.2) is 5.96 Å². The van der Waals surface area contributed by atoms with Crippen LogP contribution in [0.25, 0.3) is 0 Å². The lowest BCUT2D eigenvalue weighted by Gasteiger charge is -2.29. The first-order valence-electron chi connectivity index (χ1n) is 19.1. The van der Waals surface area contributed by atoms with Gasteiger partial charge in [0.25, 0.3) is 0 Å². The van der Waals surface area contributed by atoms with Crippen LogP contribution in [-0.4, -0.2) is 141 Å². The summed E-state index contributed by atoms with van der Waals surface area (Å²) in [6.45, 7) is 5.93. The van der Waals surface area contributed by atoms with Crippen LogP contribution in [0.5, 0.6) is 0 Å². The third-order valence-electron chi connectivity index (χ3n) is 9.38. The molecule has 58 heavy (non-hydrogen) atoms. The van der Waals surface area contributed by atoms with Crippen LogP contribution in [0.15, 0.2) is 4.99 Å². The van der Waals surface area contributed by atoms with E-state index in [9.17, 15) is 58.5 Å². The minimum atomic E-state index is -1.67. The zero-order chi connectivity index (χ0) is 44.3. The van der Waals surface area contributed by atoms with E-state index in [1.54, 1.807) is 27.7 Å². The molecule has 8 atom stereocenters. The Balaban J connectivity index is 3.31. The highest BCUT2D eigenvalue weighted by Crippen LogP contribution is 2.20. The summed E-state index contributed by atoms with van der Waals surface area (Å²) < 4.78 is 0. The molecule has 0 saturated carbocycles. The number of aliphatic hydroxyl groups excluding tert-OH is 1. The van der Waals surface area contributed by atoms with Gasteiger partial charge < -0.3 is 69.7 Å². The monoisotopic (exact) mass is 827 g/mol. The van der Waals surface area contributed by atoms with E-state index >= 15 is 0 Å². The second kappa shape index (κ2) is 24.9. The standard InChI is InChI=1S/C35H61N11O12/c1-5-18(4)27(45-28(51)19(36)10-11-25(37)48)32(55)44-23(16-47)31(54)41-20(8-6-12-40-35(38)39)29(52)42-21(14-17(2)3)30(53)43-22(15-26(49)50)33(56)46-13-7-9-24(46)34(57)58/h17-24,27,47H,5-16,36H2,1-4H3,(H2,37,48)(H,41,54)(H,42,52)(H,43,53)(H,44,55)(H,45,51)(H,49,50)(H,57,58)(H4,38,39,40)/t18-,19-,20-,21-,22-,23-,24-,27-/m0/s1. The molecule has 7 amide bonds. The molecule has 0 unspecified atom stereocenters. The maximum atomic E-state index is 13.8. The van der Waals surface area contributed by atoms with Crippen molar-refractivity contribution in [2.45, 2.75) is 128 Å². The van der Waals surface area contributed by atoms with Gasteiger partial charge in [-0.1, -0.05) is 34.1 Å². The quantitative estimate of drug-likeness (QED) is 0.0223. The molecule has 0 spiro atoms. The van der Waals surface area contributed by atoms with Crippen LogP contribution >= 0.6 is 0 Å². The number of carboxylic acid groups (broad SMARTS) is 2. The Hall–Kier alpha value is -5.58. The van der Waals surface area contributed by atoms with E-state index in [4.69, 9.17) is 22.9 Å². The average molecular weight is 828 g/mol. The fraction of sp³-hybridized carbons (Fsp3) is 0.714. The smallest absolute Gasteiger partial charge is 0.326 e. The van der Waals surface area contributed by atoms with E-state index in [2.05, 4.69) is 31.6 Å². The maximum Gasteiger partial charge on any atom is 0.326 e. The van der Waals surface area contributed by atoms with Crippen LogP contribution in [0.4, 0.5) is 0 Å². The molecule has 0 radical (unpaired) electrons. The first-order valence-corrected chi connectivity index (χ1v) is 19.1. The second-order valence-electron chi connectivity index (χ2n) is 14.6. The van der Waals surface area contributed by atoms with E-state index in [-0.39, 0.29) is 63.5 Å². The second-order valence-corrected chi connectivity index (χ2v) is 14.6. The molecule has 328 valence electrons. The van der Waals surface area contributed by atoms with E-state index in [0.29, 0.717) is 12.8 Å². The van der Waals surface area contributed by atoms with Crippen molar-refractivity contribution in [1.29, 1.82) is 0 Å². The molecule has 1 aliphatic heterocycles. The molecule has 0 bridgehead atoms. The van der Waals surface area contributed by atoms with Gasteiger partial charge in [0.05, 0.1) is 19.1 Å². The number of primary amides is 1. The lowest BCUT2D eigenvalue weighted by molar-refractivity contribution is -0.150. The van der Waals surface area contributed by atoms with Crippen LogP contribution < -0.4 is 49.5 Å². The van der Waals surface area contributed by atoms with Crippen molar-refractivity contribution in [3.63, 3.8) is 0 Å². The number of carbonyl (C=O) groups is 9. The summed E-state index contributed by atoms with van der Waals surface area (Å²) in [7, 11) is 0. The Kier molecular flexibility index (Phi) is 21.7. The van der Waals surface area contributed by atoms with Gasteiger partial charge in [-0.25, -0.2) is 4.79 Å². The van der Waals surface area contributed by atoms with Crippen molar-refractivity contribution in [3.05, 3.63) is 0 Å². The van der Waals surface area contributed by atoms with Gasteiger partial charge in [-0.3, -0.25) is 43.3 Å². The fourth-order valence-electron chi connectivity index (χ4n) is 6.00. The van der Waals surface area contributed by atoms with Gasteiger partial charge in [0.1, 0.15) is 36.3 Å². The van der Waals surface area contributed by atoms with Crippen LogP contribution in [-0.2, 0) is 43.2 Å². The predicted molar refractivity (Wildman–Crippen MR) is 207 cm³/mol. The molecule has 1 saturated heterocycles. The van der Waals surface area contributed by atoms with Gasteiger partial charge in [-0.05, 0) is 50.4 Å². The molecule has 1 fully saturated rings. The summed E-state index contributed by atoms with van der Waals surface area (Å²) in [6, 6.07) is -9.75. The number of rotatable bonds is 26. The molecule has 0 aliphatic carbocycles. The number of likely N-dealkylation sites (tertiary alicyclic amines) is 1. The number of carbonyl (C=O) groups excluding carboxylic acids is 7. The van der Waals surface area contributed by atoms with Crippen LogP contribution in [0.1, 0.15) is 85.5 Å². The summed E-state index contributed by atoms with van der Waals surface area (Å²) in [5.74, 6) is -9.84. The molecular weight excluding hydrogens is 766 g/mol. The highest BCUT2D eigenvalue weighted by molar-refractivity contribution is 5.98. The Morgan fingerprint density at radius 3 is 1.88 bits per heavy atom. The van der Waals surface area contributed by atoms with Crippen molar-refractivity contribution in [2.75, 3.05) is 19.7 Å². The lowest BCUT2D eigenvalue weighted by atomic mass is 9.97. The van der Waals surface area contributed by atoms with Gasteiger partial charge >= 0.3 is 11.9 Å². The van der Waals surface area contributed by atoms with E-state index in [1.807, 2.05) is 0 Å². The zero-order valence-electron chi connectivity index (χ0n) is 33.4. The summed E-state index contributed by atoms with van der Waals surface area (Å²) >= 11 is 0. The fourth-order valence-corrected chi connectivity index (χ4v) is 6.00. The van der Waals surface area contributed by atoms with Gasteiger partial charge in [-0.2, -0.15) is 0 Å². The molecule has 23 nitrogen and oxygen atoms in total. The Bertz CT molecular complexity index is 1510. The van der Waals surface area contributed by atoms with E-state index < -0.39 is 115 Å². The summed E-state index contributed by atoms with van der Waals surface area (Å²) in [5, 5.41) is 41.4. The number of amides is 7. The lowest BCUT2D eigenvalue weighted by Crippen LogP contribution is -2.61. The van der Waals surface area contributed by atoms with Crippen LogP contribution in [0.3, 0.4) is 0 Å². The summed E-state index contributed by atoms with van der Waals surface area (Å²) in [6.07, 6.45) is -0.299. The van der Waals surface area contributed by atoms with Crippen molar-refractivity contribution >= 4 is 59.2 Å². The number of hydrogen-bond donors (Lipinski definition) is 12. The molecule has 0 aromatic heterocycles. The molecule has 1 rings (SSSR count). The number of nitrogens with zero attached hydrogens (tertiary/aromatic N) is 2. The average Bonchev–Trinajstić information content (AvgIpc) is 3.64. The normalized spacial score (nSPS) is 17.3. The first kappa shape index (κ1) is 50.4. The number of nitrogens with one attached hydrogen (secondary N) is 5. The third-order valence-corrected chi connectivity index (χ3v) is 9.38. The largest absolute Gasteiger partial charge is 0.481 e. The molecule has 0 aromatic carbocycles. The maximum absolute atomic E-state index is 13.8. The summed E-state index contributed by atoms with van der Waals surface area (Å²) in [4.78, 5) is 120. The van der Waals surface area contributed by atoms with Crippen molar-refractivity contribution < 1.29 is 58.5 Å². The first-order chi connectivity index (χ1) is 27.1. The number of aliphatic hydroxyl groups is 1. The Morgan fingerprint density at radius 2 is 1.34 bits per heavy atom. The SMILES string of the molecule is CC[C@H](C)[C@H](NC(=O)[C@@H](N)CCC(N)=O)C(=O)N[C@@H](CO)C(=O)N[C@@H](CCCN=C(N)N)C(=O)N[C@@H](CC(C)C)C(=O)N[C@@H](CC(=O)O)C(=O)N1CCC[C@H]1C(=O)O. The molecule has 1 aliphatic rings. The Labute approximate surface area is 336 Å². The number of guanidine groups is 1. The minimum absolute atomic E-state index is 0.0166. The number of aliphatic carboxylic acids is 2. The highest BCUT2D eigenvalue weighted by atomic mass is 16.4. The third kappa shape index (κ3) is 17.3. The van der Waals surface area contributed by atoms with Crippen LogP contribution in [0, 0.1) is 11.8 Å². The van der Waals surface area contributed by atoms with Gasteiger partial charge in [-0.15, -0.1) is 0 Å². The number of hydrogen-bond acceptors (Lipinski definition) is 12. The molecule has 0 aromatic rings. The van der Waals surface area contributed by atoms with Crippen molar-refractivity contribution in [1.82, 2.24) is 31.5 Å². The predicted octanol–water partition coefficient (Wildman–Crippen LogP) is -4.31. The van der Waals surface area contributed by atoms with E-state index in [1.165, 1.54) is 0 Å². The highest BCUT2D eigenvalue weighted by Gasteiger charge is 2.40. The van der Waals surface area contributed by atoms with Crippen molar-refractivity contribution in [3.8, 4) is 0 Å². The summed E-state index contributed by atoms with van der Waals surface area (Å²) in [5.41, 5.74) is 21.8. The molecular formula is C35H61N11O12. The zero-order valence-corrected chi connectivity index (χ0v) is 33.4. The molecule has 16 N–H and O–H groups in total. The van der Waals surface area contributed by atoms with Gasteiger partial charge in [0, 0.05) is 19.5 Å². The molecule has 23 heteroatoms. The Morgan fingerprint density at radius 1 is 0.776 bits per heavy atom. The number of carboxylic acids is 2. The molecule has 1 heterocycles. The minimum Gasteiger partial charge on any atom is -0.481 e.